The van der Waals surface area contributed by atoms with Crippen LogP contribution in [0.5, 0.6) is 0 Å². The van der Waals surface area contributed by atoms with Crippen LogP contribution in [-0.4, -0.2) is 68.2 Å². The van der Waals surface area contributed by atoms with Gasteiger partial charge in [-0.05, 0) is 62.7 Å². The molecule has 2 saturated heterocycles. The van der Waals surface area contributed by atoms with Crippen LogP contribution in [0, 0.1) is 5.82 Å². The lowest BCUT2D eigenvalue weighted by molar-refractivity contribution is -0.00539. The average Bonchev–Trinajstić information content (AvgIpc) is 2.82. The number of amides is 2. The molecular formula is C26H33FN4O3. The highest BCUT2D eigenvalue weighted by molar-refractivity contribution is 5.94. The average molecular weight is 469 g/mol. The second-order valence-corrected chi connectivity index (χ2v) is 9.18. The summed E-state index contributed by atoms with van der Waals surface area (Å²) in [5.41, 5.74) is 3.04. The van der Waals surface area contributed by atoms with E-state index < -0.39 is 0 Å². The van der Waals surface area contributed by atoms with Crippen molar-refractivity contribution in [2.45, 2.75) is 39.5 Å². The van der Waals surface area contributed by atoms with Crippen molar-refractivity contribution in [2.24, 2.45) is 0 Å². The van der Waals surface area contributed by atoms with Crippen molar-refractivity contribution in [1.29, 1.82) is 0 Å². The minimum absolute atomic E-state index is 0.0489. The Morgan fingerprint density at radius 1 is 0.971 bits per heavy atom. The number of anilines is 2. The Bertz CT molecular complexity index is 1010. The number of carbonyl (C=O) groups excluding carboxylic acids is 2. The number of morpholine rings is 1. The van der Waals surface area contributed by atoms with Crippen LogP contribution < -0.4 is 15.1 Å². The van der Waals surface area contributed by atoms with Gasteiger partial charge in [-0.2, -0.15) is 0 Å². The van der Waals surface area contributed by atoms with Gasteiger partial charge in [0.2, 0.25) is 0 Å². The summed E-state index contributed by atoms with van der Waals surface area (Å²) in [4.78, 5) is 30.1. The van der Waals surface area contributed by atoms with Crippen molar-refractivity contribution < 1.29 is 18.7 Å². The van der Waals surface area contributed by atoms with Crippen LogP contribution in [0.2, 0.25) is 0 Å². The maximum atomic E-state index is 14.8. The monoisotopic (exact) mass is 468 g/mol. The zero-order valence-electron chi connectivity index (χ0n) is 20.1. The lowest BCUT2D eigenvalue weighted by Gasteiger charge is -2.37. The SMILES string of the molecule is CC(=O)c1ccc(N2CCN(C(=O)NCc3ccc(N4CC(C)OC(C)C4)c(F)c3)CC2)cc1. The second kappa shape index (κ2) is 10.4. The number of Topliss-reactive ketones (excluding diaryl/α,β-unsaturated/α-hetero) is 1. The molecule has 0 saturated carbocycles. The molecule has 8 heteroatoms. The number of urea groups is 1. The first-order valence-electron chi connectivity index (χ1n) is 11.9. The van der Waals surface area contributed by atoms with Crippen molar-refractivity contribution in [2.75, 3.05) is 49.1 Å². The molecule has 0 spiro atoms. The number of halogens is 1. The zero-order chi connectivity index (χ0) is 24.2. The van der Waals surface area contributed by atoms with Crippen molar-refractivity contribution >= 4 is 23.2 Å². The summed E-state index contributed by atoms with van der Waals surface area (Å²) >= 11 is 0. The molecule has 34 heavy (non-hydrogen) atoms. The summed E-state index contributed by atoms with van der Waals surface area (Å²) < 4.78 is 20.5. The number of benzene rings is 2. The highest BCUT2D eigenvalue weighted by atomic mass is 19.1. The van der Waals surface area contributed by atoms with Crippen molar-refractivity contribution in [3.05, 3.63) is 59.4 Å². The Labute approximate surface area is 200 Å². The van der Waals surface area contributed by atoms with E-state index in [-0.39, 0.29) is 36.4 Å². The molecular weight excluding hydrogens is 435 g/mol. The van der Waals surface area contributed by atoms with Gasteiger partial charge < -0.3 is 24.8 Å². The fourth-order valence-electron chi connectivity index (χ4n) is 4.66. The number of ether oxygens (including phenoxy) is 1. The van der Waals surface area contributed by atoms with Crippen LogP contribution >= 0.6 is 0 Å². The molecule has 2 aliphatic rings. The molecule has 2 heterocycles. The number of nitrogens with one attached hydrogen (secondary N) is 1. The molecule has 2 aliphatic heterocycles. The Hall–Kier alpha value is -3.13. The third-order valence-electron chi connectivity index (χ3n) is 6.42. The molecule has 0 aromatic heterocycles. The maximum Gasteiger partial charge on any atom is 0.317 e. The van der Waals surface area contributed by atoms with E-state index >= 15 is 0 Å². The van der Waals surface area contributed by atoms with Crippen LogP contribution in [-0.2, 0) is 11.3 Å². The maximum absolute atomic E-state index is 14.8. The van der Waals surface area contributed by atoms with Gasteiger partial charge in [-0.3, -0.25) is 4.79 Å². The van der Waals surface area contributed by atoms with Crippen LogP contribution in [0.3, 0.4) is 0 Å². The van der Waals surface area contributed by atoms with Gasteiger partial charge >= 0.3 is 6.03 Å². The first-order chi connectivity index (χ1) is 16.3. The molecule has 2 amide bonds. The number of ketones is 1. The van der Waals surface area contributed by atoms with E-state index in [0.717, 1.165) is 11.3 Å². The number of nitrogens with zero attached hydrogens (tertiary/aromatic N) is 3. The van der Waals surface area contributed by atoms with Crippen molar-refractivity contribution in [3.63, 3.8) is 0 Å². The van der Waals surface area contributed by atoms with Gasteiger partial charge in [0.15, 0.2) is 5.78 Å². The van der Waals surface area contributed by atoms with Crippen molar-refractivity contribution in [1.82, 2.24) is 10.2 Å². The van der Waals surface area contributed by atoms with E-state index in [0.29, 0.717) is 50.5 Å². The van der Waals surface area contributed by atoms with E-state index in [1.165, 1.54) is 6.07 Å². The standard InChI is InChI=1S/C26H33FN4O3/c1-18-16-31(17-19(2)34-18)25-9-4-21(14-24(25)27)15-28-26(33)30-12-10-29(11-13-30)23-7-5-22(6-8-23)20(3)32/h4-9,14,18-19H,10-13,15-17H2,1-3H3,(H,28,33). The Morgan fingerprint density at radius 3 is 2.21 bits per heavy atom. The highest BCUT2D eigenvalue weighted by Gasteiger charge is 2.25. The third kappa shape index (κ3) is 5.67. The van der Waals surface area contributed by atoms with Crippen LogP contribution in [0.4, 0.5) is 20.6 Å². The van der Waals surface area contributed by atoms with Gasteiger partial charge in [-0.25, -0.2) is 9.18 Å². The molecule has 2 fully saturated rings. The molecule has 2 unspecified atom stereocenters. The van der Waals surface area contributed by atoms with E-state index in [9.17, 15) is 14.0 Å². The third-order valence-corrected chi connectivity index (χ3v) is 6.42. The molecule has 2 aromatic rings. The number of piperazine rings is 1. The molecule has 182 valence electrons. The van der Waals surface area contributed by atoms with Crippen LogP contribution in [0.1, 0.15) is 36.7 Å². The predicted molar refractivity (Wildman–Crippen MR) is 131 cm³/mol. The normalized spacial score (nSPS) is 20.9. The molecule has 4 rings (SSSR count). The summed E-state index contributed by atoms with van der Waals surface area (Å²) in [5, 5.41) is 2.91. The molecule has 0 radical (unpaired) electrons. The minimum Gasteiger partial charge on any atom is -0.372 e. The van der Waals surface area contributed by atoms with E-state index in [1.807, 2.05) is 49.1 Å². The number of carbonyl (C=O) groups is 2. The summed E-state index contributed by atoms with van der Waals surface area (Å²) in [6.07, 6.45) is 0.116. The van der Waals surface area contributed by atoms with Crippen LogP contribution in [0.25, 0.3) is 0 Å². The van der Waals surface area contributed by atoms with Gasteiger partial charge in [0, 0.05) is 57.1 Å². The lowest BCUT2D eigenvalue weighted by Crippen LogP contribution is -2.51. The summed E-state index contributed by atoms with van der Waals surface area (Å²) in [5.74, 6) is -0.231. The second-order valence-electron chi connectivity index (χ2n) is 9.18. The quantitative estimate of drug-likeness (QED) is 0.679. The summed E-state index contributed by atoms with van der Waals surface area (Å²) in [6, 6.07) is 12.6. The number of hydrogen-bond acceptors (Lipinski definition) is 5. The molecule has 1 N–H and O–H groups in total. The van der Waals surface area contributed by atoms with E-state index in [1.54, 1.807) is 17.9 Å². The summed E-state index contributed by atoms with van der Waals surface area (Å²) in [7, 11) is 0. The fourth-order valence-corrected chi connectivity index (χ4v) is 4.66. The number of rotatable bonds is 5. The first kappa shape index (κ1) is 24.0. The van der Waals surface area contributed by atoms with Crippen molar-refractivity contribution in [3.8, 4) is 0 Å². The smallest absolute Gasteiger partial charge is 0.317 e. The van der Waals surface area contributed by atoms with Gasteiger partial charge in [0.05, 0.1) is 17.9 Å². The van der Waals surface area contributed by atoms with E-state index in [2.05, 4.69) is 10.2 Å². The number of hydrogen-bond donors (Lipinski definition) is 1. The molecule has 2 atom stereocenters. The zero-order valence-corrected chi connectivity index (χ0v) is 20.1. The van der Waals surface area contributed by atoms with Crippen LogP contribution in [0.15, 0.2) is 42.5 Å². The Morgan fingerprint density at radius 2 is 1.62 bits per heavy atom. The van der Waals surface area contributed by atoms with Gasteiger partial charge in [0.1, 0.15) is 5.82 Å². The van der Waals surface area contributed by atoms with Gasteiger partial charge in [0.25, 0.3) is 0 Å². The van der Waals surface area contributed by atoms with Gasteiger partial charge in [-0.1, -0.05) is 6.07 Å². The Kier molecular flexibility index (Phi) is 7.36. The first-order valence-corrected chi connectivity index (χ1v) is 11.9. The lowest BCUT2D eigenvalue weighted by atomic mass is 10.1. The highest BCUT2D eigenvalue weighted by Crippen LogP contribution is 2.24. The topological polar surface area (TPSA) is 65.1 Å². The molecule has 2 aromatic carbocycles. The van der Waals surface area contributed by atoms with Gasteiger partial charge in [-0.15, -0.1) is 0 Å². The predicted octanol–water partition coefficient (Wildman–Crippen LogP) is 3.67. The molecule has 0 aliphatic carbocycles. The van der Waals surface area contributed by atoms with E-state index in [4.69, 9.17) is 4.74 Å². The Balaban J connectivity index is 1.27. The molecule has 0 bridgehead atoms. The minimum atomic E-state index is -0.280. The molecule has 7 nitrogen and oxygen atoms in total. The fraction of sp³-hybridized carbons (Fsp3) is 0.462. The summed E-state index contributed by atoms with van der Waals surface area (Å²) in [6.45, 7) is 9.76. The largest absolute Gasteiger partial charge is 0.372 e.